The summed E-state index contributed by atoms with van der Waals surface area (Å²) in [6.45, 7) is 6.71. The van der Waals surface area contributed by atoms with Crippen molar-refractivity contribution in [3.05, 3.63) is 98.6 Å². The quantitative estimate of drug-likeness (QED) is 0.0788. The molecule has 0 spiro atoms. The molecule has 0 aliphatic heterocycles. The van der Waals surface area contributed by atoms with E-state index in [1.54, 1.807) is 18.3 Å². The number of halogens is 2. The number of ether oxygens (including phenoxy) is 2. The van der Waals surface area contributed by atoms with Crippen molar-refractivity contribution < 1.29 is 14.3 Å². The summed E-state index contributed by atoms with van der Waals surface area (Å²) >= 11 is 9.59. The number of hydrazone groups is 1. The third-order valence-electron chi connectivity index (χ3n) is 4.70. The van der Waals surface area contributed by atoms with Gasteiger partial charge in [0, 0.05) is 19.1 Å². The first-order valence-corrected chi connectivity index (χ1v) is 13.4. The maximum Gasteiger partial charge on any atom is 0.250 e. The van der Waals surface area contributed by atoms with Crippen LogP contribution in [0.15, 0.2) is 83.3 Å². The molecule has 182 valence electrons. The summed E-state index contributed by atoms with van der Waals surface area (Å²) in [5.74, 6) is 1.36. The SMILES string of the molecule is C=CCc1cc(/C=N\NC(=O)CSc2ccc(Cl)cc2)cc(OCC)c1OCc1ccc(I)cc1. The number of amides is 1. The normalized spacial score (nSPS) is 10.8. The second kappa shape index (κ2) is 14.2. The molecule has 0 heterocycles. The van der Waals surface area contributed by atoms with Gasteiger partial charge < -0.3 is 9.47 Å². The van der Waals surface area contributed by atoms with Crippen molar-refractivity contribution in [2.24, 2.45) is 5.10 Å². The van der Waals surface area contributed by atoms with Gasteiger partial charge in [0.15, 0.2) is 11.5 Å². The molecule has 1 N–H and O–H groups in total. The van der Waals surface area contributed by atoms with Gasteiger partial charge in [-0.2, -0.15) is 5.10 Å². The molecule has 3 aromatic rings. The van der Waals surface area contributed by atoms with Crippen LogP contribution in [0.4, 0.5) is 0 Å². The molecule has 0 saturated carbocycles. The van der Waals surface area contributed by atoms with E-state index in [0.29, 0.717) is 36.2 Å². The molecule has 3 rings (SSSR count). The fourth-order valence-corrected chi connectivity index (χ4v) is 4.30. The molecule has 3 aromatic carbocycles. The summed E-state index contributed by atoms with van der Waals surface area (Å²) in [6, 6.07) is 19.4. The van der Waals surface area contributed by atoms with Gasteiger partial charge in [-0.25, -0.2) is 5.43 Å². The van der Waals surface area contributed by atoms with Crippen molar-refractivity contribution in [3.8, 4) is 11.5 Å². The topological polar surface area (TPSA) is 59.9 Å². The minimum atomic E-state index is -0.199. The molecule has 0 aliphatic carbocycles. The molecule has 0 aliphatic rings. The van der Waals surface area contributed by atoms with E-state index in [1.807, 2.05) is 49.4 Å². The Labute approximate surface area is 229 Å². The van der Waals surface area contributed by atoms with Gasteiger partial charge in [-0.1, -0.05) is 29.8 Å². The average molecular weight is 621 g/mol. The maximum atomic E-state index is 12.2. The first-order chi connectivity index (χ1) is 17.0. The summed E-state index contributed by atoms with van der Waals surface area (Å²) < 4.78 is 13.2. The Kier molecular flexibility index (Phi) is 11.0. The number of carbonyl (C=O) groups excluding carboxylic acids is 1. The fraction of sp³-hybridized carbons (Fsp3) is 0.185. The van der Waals surface area contributed by atoms with Gasteiger partial charge in [-0.3, -0.25) is 4.79 Å². The van der Waals surface area contributed by atoms with Crippen molar-refractivity contribution in [3.63, 3.8) is 0 Å². The minimum Gasteiger partial charge on any atom is -0.490 e. The number of thioether (sulfide) groups is 1. The highest BCUT2D eigenvalue weighted by molar-refractivity contribution is 14.1. The summed E-state index contributed by atoms with van der Waals surface area (Å²) in [7, 11) is 0. The molecule has 1 amide bonds. The smallest absolute Gasteiger partial charge is 0.250 e. The molecule has 0 saturated heterocycles. The first-order valence-electron chi connectivity index (χ1n) is 11.0. The lowest BCUT2D eigenvalue weighted by Crippen LogP contribution is -2.19. The second-order valence-electron chi connectivity index (χ2n) is 7.38. The number of benzene rings is 3. The van der Waals surface area contributed by atoms with Crippen molar-refractivity contribution in [1.29, 1.82) is 0 Å². The van der Waals surface area contributed by atoms with Gasteiger partial charge in [-0.15, -0.1) is 18.3 Å². The van der Waals surface area contributed by atoms with Crippen molar-refractivity contribution in [1.82, 2.24) is 5.43 Å². The predicted octanol–water partition coefficient (Wildman–Crippen LogP) is 6.89. The zero-order valence-corrected chi connectivity index (χ0v) is 23.0. The lowest BCUT2D eigenvalue weighted by atomic mass is 10.1. The maximum absolute atomic E-state index is 12.2. The predicted molar refractivity (Wildman–Crippen MR) is 153 cm³/mol. The minimum absolute atomic E-state index is 0.199. The molecule has 8 heteroatoms. The highest BCUT2D eigenvalue weighted by Crippen LogP contribution is 2.34. The number of carbonyl (C=O) groups is 1. The monoisotopic (exact) mass is 620 g/mol. The van der Waals surface area contributed by atoms with E-state index in [2.05, 4.69) is 51.8 Å². The van der Waals surface area contributed by atoms with E-state index in [-0.39, 0.29) is 11.7 Å². The van der Waals surface area contributed by atoms with E-state index < -0.39 is 0 Å². The van der Waals surface area contributed by atoms with Crippen LogP contribution in [-0.2, 0) is 17.8 Å². The molecular formula is C27H26ClIN2O3S. The van der Waals surface area contributed by atoms with Crippen molar-refractivity contribution >= 4 is 58.1 Å². The van der Waals surface area contributed by atoms with Crippen LogP contribution >= 0.6 is 46.0 Å². The van der Waals surface area contributed by atoms with Crippen LogP contribution in [0, 0.1) is 3.57 Å². The number of rotatable bonds is 12. The van der Waals surface area contributed by atoms with Crippen molar-refractivity contribution in [2.45, 2.75) is 24.8 Å². The Morgan fingerprint density at radius 3 is 2.57 bits per heavy atom. The number of nitrogens with one attached hydrogen (secondary N) is 1. The average Bonchev–Trinajstić information content (AvgIpc) is 2.85. The highest BCUT2D eigenvalue weighted by atomic mass is 127. The van der Waals surface area contributed by atoms with Gasteiger partial charge in [0.2, 0.25) is 5.91 Å². The molecule has 0 fully saturated rings. The Balaban J connectivity index is 1.68. The van der Waals surface area contributed by atoms with Crippen LogP contribution in [0.5, 0.6) is 11.5 Å². The molecule has 35 heavy (non-hydrogen) atoms. The summed E-state index contributed by atoms with van der Waals surface area (Å²) in [6.07, 6.45) is 4.02. The van der Waals surface area contributed by atoms with E-state index in [1.165, 1.54) is 15.3 Å². The zero-order chi connectivity index (χ0) is 25.0. The van der Waals surface area contributed by atoms with E-state index in [9.17, 15) is 4.79 Å². The third-order valence-corrected chi connectivity index (χ3v) is 6.68. The van der Waals surface area contributed by atoms with Gasteiger partial charge in [-0.05, 0) is 95.6 Å². The van der Waals surface area contributed by atoms with E-state index >= 15 is 0 Å². The lowest BCUT2D eigenvalue weighted by molar-refractivity contribution is -0.118. The van der Waals surface area contributed by atoms with Gasteiger partial charge in [0.1, 0.15) is 6.61 Å². The lowest BCUT2D eigenvalue weighted by Gasteiger charge is -2.17. The Morgan fingerprint density at radius 2 is 1.89 bits per heavy atom. The zero-order valence-electron chi connectivity index (χ0n) is 19.3. The van der Waals surface area contributed by atoms with Gasteiger partial charge in [0.25, 0.3) is 0 Å². The van der Waals surface area contributed by atoms with Crippen LogP contribution in [0.1, 0.15) is 23.6 Å². The fourth-order valence-electron chi connectivity index (χ4n) is 3.12. The third kappa shape index (κ3) is 8.91. The van der Waals surface area contributed by atoms with E-state index in [0.717, 1.165) is 21.6 Å². The van der Waals surface area contributed by atoms with Gasteiger partial charge in [0.05, 0.1) is 18.6 Å². The number of allylic oxidation sites excluding steroid dienone is 1. The van der Waals surface area contributed by atoms with Crippen LogP contribution in [0.3, 0.4) is 0 Å². The standard InChI is InChI=1S/C27H26ClIN2O3S/c1-3-5-21-14-20(16-30-31-26(32)18-35-24-12-8-22(28)9-13-24)15-25(33-4-2)27(21)34-17-19-6-10-23(29)11-7-19/h3,6-16H,1,4-5,17-18H2,2H3,(H,31,32)/b30-16-. The highest BCUT2D eigenvalue weighted by Gasteiger charge is 2.13. The Bertz CT molecular complexity index is 1170. The van der Waals surface area contributed by atoms with Gasteiger partial charge >= 0.3 is 0 Å². The molecular weight excluding hydrogens is 595 g/mol. The number of hydrogen-bond donors (Lipinski definition) is 1. The molecule has 0 aromatic heterocycles. The number of hydrogen-bond acceptors (Lipinski definition) is 5. The summed E-state index contributed by atoms with van der Waals surface area (Å²) in [4.78, 5) is 13.1. The van der Waals surface area contributed by atoms with Crippen molar-refractivity contribution in [2.75, 3.05) is 12.4 Å². The van der Waals surface area contributed by atoms with Crippen LogP contribution < -0.4 is 14.9 Å². The summed E-state index contributed by atoms with van der Waals surface area (Å²) in [5.41, 5.74) is 5.37. The molecule has 0 unspecified atom stereocenters. The number of nitrogens with zero attached hydrogens (tertiary/aromatic N) is 1. The van der Waals surface area contributed by atoms with Crippen LogP contribution in [0.25, 0.3) is 0 Å². The largest absolute Gasteiger partial charge is 0.490 e. The summed E-state index contributed by atoms with van der Waals surface area (Å²) in [5, 5.41) is 4.78. The van der Waals surface area contributed by atoms with Crippen LogP contribution in [0.2, 0.25) is 5.02 Å². The molecule has 5 nitrogen and oxygen atoms in total. The Hall–Kier alpha value is -2.49. The van der Waals surface area contributed by atoms with E-state index in [4.69, 9.17) is 21.1 Å². The molecule has 0 bridgehead atoms. The van der Waals surface area contributed by atoms with Crippen LogP contribution in [-0.4, -0.2) is 24.5 Å². The second-order valence-corrected chi connectivity index (χ2v) is 10.1. The molecule has 0 radical (unpaired) electrons. The molecule has 0 atom stereocenters. The first kappa shape index (κ1) is 27.1. The Morgan fingerprint density at radius 1 is 1.14 bits per heavy atom.